The molecule has 0 rings (SSSR count). The predicted molar refractivity (Wildman–Crippen MR) is 224 cm³/mol. The van der Waals surface area contributed by atoms with Crippen molar-refractivity contribution >= 4 is 23.3 Å². The highest BCUT2D eigenvalue weighted by Crippen LogP contribution is 2.34. The summed E-state index contributed by atoms with van der Waals surface area (Å²) in [5, 5.41) is 13.6. The van der Waals surface area contributed by atoms with Crippen LogP contribution in [-0.4, -0.2) is 91.0 Å². The zero-order chi connectivity index (χ0) is 42.4. The molecule has 10 heteroatoms. The number of Topliss-reactive ketones (excluding diaryl/α,β-unsaturated/α-hetero) is 3. The average molecular weight is 767 g/mol. The van der Waals surface area contributed by atoms with Crippen molar-refractivity contribution in [2.24, 2.45) is 22.2 Å². The fourth-order valence-corrected chi connectivity index (χ4v) is 7.24. The Hall–Kier alpha value is -1.72. The number of nitrogens with one attached hydrogen (secondary N) is 4. The Morgan fingerprint density at radius 1 is 0.648 bits per heavy atom. The van der Waals surface area contributed by atoms with Crippen molar-refractivity contribution in [2.45, 2.75) is 198 Å². The molecule has 0 aliphatic carbocycles. The van der Waals surface area contributed by atoms with Crippen molar-refractivity contribution in [1.82, 2.24) is 21.3 Å². The number of carbonyl (C=O) groups is 4. The molecule has 3 unspecified atom stereocenters. The van der Waals surface area contributed by atoms with Crippen LogP contribution in [0.3, 0.4) is 0 Å². The second-order valence-corrected chi connectivity index (χ2v) is 20.8. The maximum Gasteiger partial charge on any atom is 0.226 e. The highest BCUT2D eigenvalue weighted by molar-refractivity contribution is 5.90. The van der Waals surface area contributed by atoms with Gasteiger partial charge in [0.15, 0.2) is 17.3 Å². The molecule has 1 amide bonds. The van der Waals surface area contributed by atoms with Gasteiger partial charge in [-0.05, 0) is 99.0 Å². The van der Waals surface area contributed by atoms with Gasteiger partial charge in [0, 0.05) is 34.4 Å². The molecule has 10 nitrogen and oxygen atoms in total. The summed E-state index contributed by atoms with van der Waals surface area (Å²) < 4.78 is 11.5. The lowest BCUT2D eigenvalue weighted by Gasteiger charge is -2.38. The summed E-state index contributed by atoms with van der Waals surface area (Å²) in [4.78, 5) is 53.0. The number of hydrogen-bond donors (Lipinski definition) is 4. The minimum Gasteiger partial charge on any atom is -0.378 e. The summed E-state index contributed by atoms with van der Waals surface area (Å²) in [6.07, 6.45) is 5.06. The molecule has 0 aliphatic heterocycles. The smallest absolute Gasteiger partial charge is 0.226 e. The number of rotatable bonds is 27. The molecule has 0 saturated heterocycles. The zero-order valence-electron chi connectivity index (χ0n) is 38.3. The van der Waals surface area contributed by atoms with Gasteiger partial charge >= 0.3 is 0 Å². The number of unbranched alkanes of at least 4 members (excludes halogenated alkanes) is 1. The predicted octanol–water partition coefficient (Wildman–Crippen LogP) is 7.60. The number of carbonyl (C=O) groups excluding carboxylic acids is 4. The molecule has 54 heavy (non-hydrogen) atoms. The van der Waals surface area contributed by atoms with E-state index in [1.165, 1.54) is 0 Å². The van der Waals surface area contributed by atoms with Gasteiger partial charge in [-0.15, -0.1) is 0 Å². The maximum atomic E-state index is 13.7. The molecule has 0 aromatic rings. The molecule has 0 saturated carbocycles. The second-order valence-electron chi connectivity index (χ2n) is 20.8. The van der Waals surface area contributed by atoms with E-state index in [0.717, 1.165) is 25.7 Å². The SMILES string of the molecule is CCC(C)(NCCCC[C@H](NC(C)(C)C)C(=O)C(C)(C)C)C(=O)COCCOCCNC(C)(CC)C(=O)C(C)CC(C)(C)NC(=O)C(C)(C)CC(C)(C)C. The van der Waals surface area contributed by atoms with Crippen LogP contribution in [0.25, 0.3) is 0 Å². The van der Waals surface area contributed by atoms with E-state index in [4.69, 9.17) is 9.47 Å². The lowest BCUT2D eigenvalue weighted by molar-refractivity contribution is -0.134. The van der Waals surface area contributed by atoms with Gasteiger partial charge in [-0.2, -0.15) is 0 Å². The molecule has 318 valence electrons. The molecule has 0 spiro atoms. The van der Waals surface area contributed by atoms with Crippen LogP contribution in [0.1, 0.15) is 170 Å². The quantitative estimate of drug-likeness (QED) is 0.0624. The number of ether oxygens (including phenoxy) is 2. The van der Waals surface area contributed by atoms with Gasteiger partial charge < -0.3 is 30.7 Å². The summed E-state index contributed by atoms with van der Waals surface area (Å²) in [7, 11) is 0. The molecule has 4 N–H and O–H groups in total. The number of ketones is 3. The van der Waals surface area contributed by atoms with E-state index in [2.05, 4.69) is 62.8 Å². The summed E-state index contributed by atoms with van der Waals surface area (Å²) in [5.74, 6) is 0.103. The monoisotopic (exact) mass is 767 g/mol. The average Bonchev–Trinajstić information content (AvgIpc) is 3.01. The Bertz CT molecular complexity index is 1180. The topological polar surface area (TPSA) is 135 Å². The summed E-state index contributed by atoms with van der Waals surface area (Å²) >= 11 is 0. The van der Waals surface area contributed by atoms with Crippen molar-refractivity contribution in [2.75, 3.05) is 39.5 Å². The van der Waals surface area contributed by atoms with Crippen molar-refractivity contribution < 1.29 is 28.7 Å². The van der Waals surface area contributed by atoms with E-state index in [9.17, 15) is 19.2 Å². The van der Waals surface area contributed by atoms with Gasteiger partial charge in [-0.1, -0.05) is 82.6 Å². The van der Waals surface area contributed by atoms with Gasteiger partial charge in [0.1, 0.15) is 6.61 Å². The number of hydrogen-bond acceptors (Lipinski definition) is 9. The summed E-state index contributed by atoms with van der Waals surface area (Å²) in [6, 6.07) is -0.196. The fraction of sp³-hybridized carbons (Fsp3) is 0.909. The Labute approximate surface area is 332 Å². The Morgan fingerprint density at radius 3 is 1.69 bits per heavy atom. The minimum absolute atomic E-state index is 0.00178. The normalized spacial score (nSPS) is 16.6. The largest absolute Gasteiger partial charge is 0.378 e. The Balaban J connectivity index is 4.71. The van der Waals surface area contributed by atoms with E-state index >= 15 is 0 Å². The van der Waals surface area contributed by atoms with E-state index in [-0.39, 0.29) is 52.8 Å². The van der Waals surface area contributed by atoms with E-state index < -0.39 is 27.4 Å². The minimum atomic E-state index is -0.718. The Morgan fingerprint density at radius 2 is 1.19 bits per heavy atom. The third kappa shape index (κ3) is 19.9. The number of amides is 1. The highest BCUT2D eigenvalue weighted by atomic mass is 16.5. The molecule has 4 atom stereocenters. The van der Waals surface area contributed by atoms with Gasteiger partial charge in [0.2, 0.25) is 5.91 Å². The van der Waals surface area contributed by atoms with Gasteiger partial charge in [-0.25, -0.2) is 0 Å². The van der Waals surface area contributed by atoms with Crippen LogP contribution in [0.5, 0.6) is 0 Å². The first kappa shape index (κ1) is 52.3. The molecule has 0 fully saturated rings. The molecule has 0 radical (unpaired) electrons. The van der Waals surface area contributed by atoms with Crippen molar-refractivity contribution in [3.8, 4) is 0 Å². The maximum absolute atomic E-state index is 13.7. The fourth-order valence-electron chi connectivity index (χ4n) is 7.24. The first-order valence-electron chi connectivity index (χ1n) is 20.7. The molecule has 0 aromatic carbocycles. The van der Waals surface area contributed by atoms with Crippen LogP contribution >= 0.6 is 0 Å². The summed E-state index contributed by atoms with van der Waals surface area (Å²) in [5.41, 5.74) is -2.98. The van der Waals surface area contributed by atoms with Crippen molar-refractivity contribution in [1.29, 1.82) is 0 Å². The second kappa shape index (κ2) is 21.7. The lowest BCUT2D eigenvalue weighted by atomic mass is 9.75. The first-order valence-corrected chi connectivity index (χ1v) is 20.7. The first-order chi connectivity index (χ1) is 24.3. The standard InChI is InChI=1S/C44H86N4O6/c1-19-43(17,45-24-22-21-23-33(47-40(10,11)12)36(51)39(7,8)9)34(49)30-54-28-27-53-26-25-46-44(18,20-2)35(50)32(3)29-42(15,16)48-37(52)41(13,14)31-38(4,5)6/h32-33,45-47H,19-31H2,1-18H3,(H,48,52)/t32?,33-,43?,44?/m0/s1. The third-order valence-corrected chi connectivity index (χ3v) is 10.3. The zero-order valence-corrected chi connectivity index (χ0v) is 38.3. The molecule has 0 heterocycles. The van der Waals surface area contributed by atoms with Crippen LogP contribution in [0.2, 0.25) is 0 Å². The molecular formula is C44H86N4O6. The van der Waals surface area contributed by atoms with E-state index in [0.29, 0.717) is 52.2 Å². The van der Waals surface area contributed by atoms with Crippen molar-refractivity contribution in [3.63, 3.8) is 0 Å². The molecule has 0 aromatic heterocycles. The summed E-state index contributed by atoms with van der Waals surface area (Å²) in [6.45, 7) is 38.5. The van der Waals surface area contributed by atoms with Crippen LogP contribution in [-0.2, 0) is 28.7 Å². The van der Waals surface area contributed by atoms with Gasteiger partial charge in [0.25, 0.3) is 0 Å². The Kier molecular flexibility index (Phi) is 21.0. The van der Waals surface area contributed by atoms with Crippen LogP contribution in [0.15, 0.2) is 0 Å². The van der Waals surface area contributed by atoms with Crippen LogP contribution in [0.4, 0.5) is 0 Å². The highest BCUT2D eigenvalue weighted by Gasteiger charge is 2.39. The van der Waals surface area contributed by atoms with E-state index in [1.54, 1.807) is 0 Å². The van der Waals surface area contributed by atoms with Gasteiger partial charge in [-0.3, -0.25) is 19.2 Å². The molecule has 0 bridgehead atoms. The molecular weight excluding hydrogens is 681 g/mol. The lowest BCUT2D eigenvalue weighted by Crippen LogP contribution is -2.55. The van der Waals surface area contributed by atoms with Crippen LogP contribution < -0.4 is 21.3 Å². The van der Waals surface area contributed by atoms with Gasteiger partial charge in [0.05, 0.1) is 36.9 Å². The van der Waals surface area contributed by atoms with Crippen molar-refractivity contribution in [3.05, 3.63) is 0 Å². The third-order valence-electron chi connectivity index (χ3n) is 10.3. The van der Waals surface area contributed by atoms with Crippen LogP contribution in [0, 0.1) is 22.2 Å². The molecule has 0 aliphatic rings. The van der Waals surface area contributed by atoms with E-state index in [1.807, 2.05) is 83.1 Å².